The molecule has 2 aromatic heterocycles. The fourth-order valence-corrected chi connectivity index (χ4v) is 7.21. The molecule has 4 aromatic rings. The molecule has 12 heteroatoms. The number of benzene rings is 2. The van der Waals surface area contributed by atoms with Gasteiger partial charge >= 0.3 is 0 Å². The van der Waals surface area contributed by atoms with Gasteiger partial charge in [0.15, 0.2) is 0 Å². The van der Waals surface area contributed by atoms with Gasteiger partial charge in [-0.1, -0.05) is 36.4 Å². The summed E-state index contributed by atoms with van der Waals surface area (Å²) in [6.07, 6.45) is 5.20. The number of H-pyrrole nitrogens is 1. The highest BCUT2D eigenvalue weighted by molar-refractivity contribution is 5.87. The number of phenols is 1. The molecule has 278 valence electrons. The van der Waals surface area contributed by atoms with E-state index < -0.39 is 6.10 Å². The lowest BCUT2D eigenvalue weighted by Gasteiger charge is -2.47. The van der Waals surface area contributed by atoms with E-state index in [4.69, 9.17) is 9.47 Å². The number of hydrogen-bond donors (Lipinski definition) is 4. The van der Waals surface area contributed by atoms with Gasteiger partial charge in [0.1, 0.15) is 11.6 Å². The van der Waals surface area contributed by atoms with Gasteiger partial charge in [0, 0.05) is 77.1 Å². The maximum absolute atomic E-state index is 12.6. The Morgan fingerprint density at radius 3 is 2.69 bits per heavy atom. The predicted molar refractivity (Wildman–Crippen MR) is 202 cm³/mol. The van der Waals surface area contributed by atoms with Crippen LogP contribution in [0, 0.1) is 0 Å². The molecule has 1 spiro atoms. The Labute approximate surface area is 305 Å². The van der Waals surface area contributed by atoms with Gasteiger partial charge in [0.05, 0.1) is 43.5 Å². The number of morpholine rings is 1. The van der Waals surface area contributed by atoms with Crippen LogP contribution in [0.2, 0.25) is 0 Å². The molecular weight excluding hydrogens is 660 g/mol. The van der Waals surface area contributed by atoms with Crippen LogP contribution in [0.5, 0.6) is 5.75 Å². The summed E-state index contributed by atoms with van der Waals surface area (Å²) < 4.78 is 12.2. The predicted octanol–water partition coefficient (Wildman–Crippen LogP) is 3.27. The zero-order valence-electron chi connectivity index (χ0n) is 30.1. The van der Waals surface area contributed by atoms with Crippen molar-refractivity contribution in [2.24, 2.45) is 0 Å². The van der Waals surface area contributed by atoms with E-state index in [1.807, 2.05) is 18.3 Å². The summed E-state index contributed by atoms with van der Waals surface area (Å²) in [6.45, 7) is 7.83. The summed E-state index contributed by atoms with van der Waals surface area (Å²) in [5.41, 5.74) is 3.07. The lowest BCUT2D eigenvalue weighted by molar-refractivity contribution is -0.131. The summed E-state index contributed by atoms with van der Waals surface area (Å²) in [7, 11) is 1.76. The van der Waals surface area contributed by atoms with Crippen molar-refractivity contribution in [1.29, 1.82) is 0 Å². The first-order chi connectivity index (χ1) is 25.3. The number of aromatic nitrogens is 2. The molecule has 2 fully saturated rings. The van der Waals surface area contributed by atoms with E-state index in [0.29, 0.717) is 49.2 Å². The quantitative estimate of drug-likeness (QED) is 0.128. The second kappa shape index (κ2) is 17.9. The number of aromatic amines is 1. The Morgan fingerprint density at radius 2 is 1.88 bits per heavy atom. The highest BCUT2D eigenvalue weighted by Gasteiger charge is 2.40. The van der Waals surface area contributed by atoms with E-state index in [1.165, 1.54) is 23.3 Å². The number of rotatable bonds is 16. The van der Waals surface area contributed by atoms with Crippen LogP contribution < -0.4 is 15.8 Å². The first-order valence-electron chi connectivity index (χ1n) is 18.4. The normalized spacial score (nSPS) is 16.7. The third-order valence-corrected chi connectivity index (χ3v) is 10.3. The monoisotopic (exact) mass is 712 g/mol. The number of likely N-dealkylation sites (N-methyl/N-ethyl adjacent to an activating group) is 1. The zero-order chi connectivity index (χ0) is 36.3. The van der Waals surface area contributed by atoms with Gasteiger partial charge in [-0.3, -0.25) is 9.59 Å². The van der Waals surface area contributed by atoms with Crippen LogP contribution in [0.3, 0.4) is 0 Å². The fourth-order valence-electron chi connectivity index (χ4n) is 7.21. The highest BCUT2D eigenvalue weighted by atomic mass is 16.5. The number of amides is 1. The van der Waals surface area contributed by atoms with Crippen LogP contribution in [0.25, 0.3) is 10.9 Å². The number of carbonyl (C=O) groups excluding carboxylic acids is 1. The van der Waals surface area contributed by atoms with Crippen molar-refractivity contribution in [1.82, 2.24) is 25.1 Å². The molecule has 4 N–H and O–H groups in total. The number of piperidine rings is 1. The number of aromatic hydroxyl groups is 1. The molecule has 1 atom stereocenters. The van der Waals surface area contributed by atoms with Gasteiger partial charge in [0.25, 0.3) is 0 Å². The van der Waals surface area contributed by atoms with Crippen molar-refractivity contribution < 1.29 is 24.5 Å². The van der Waals surface area contributed by atoms with E-state index >= 15 is 0 Å². The number of anilines is 1. The highest BCUT2D eigenvalue weighted by Crippen LogP contribution is 2.32. The van der Waals surface area contributed by atoms with Crippen molar-refractivity contribution >= 4 is 22.6 Å². The molecule has 0 saturated carbocycles. The average Bonchev–Trinajstić information content (AvgIpc) is 3.17. The summed E-state index contributed by atoms with van der Waals surface area (Å²) in [5, 5.41) is 24.6. The molecule has 2 saturated heterocycles. The minimum Gasteiger partial charge on any atom is -0.506 e. The topological polar surface area (TPSA) is 143 Å². The number of ether oxygens (including phenoxy) is 2. The van der Waals surface area contributed by atoms with Crippen LogP contribution in [0.4, 0.5) is 5.82 Å². The lowest BCUT2D eigenvalue weighted by Crippen LogP contribution is -2.57. The summed E-state index contributed by atoms with van der Waals surface area (Å²) in [4.78, 5) is 38.1. The van der Waals surface area contributed by atoms with Gasteiger partial charge in [0.2, 0.25) is 11.5 Å². The molecule has 1 amide bonds. The van der Waals surface area contributed by atoms with Gasteiger partial charge in [-0.05, 0) is 66.6 Å². The van der Waals surface area contributed by atoms with Gasteiger partial charge in [-0.2, -0.15) is 0 Å². The summed E-state index contributed by atoms with van der Waals surface area (Å²) in [6, 6.07) is 20.9. The maximum Gasteiger partial charge on any atom is 0.248 e. The van der Waals surface area contributed by atoms with Gasteiger partial charge in [-0.15, -0.1) is 0 Å². The van der Waals surface area contributed by atoms with Crippen LogP contribution in [0.15, 0.2) is 77.7 Å². The minimum absolute atomic E-state index is 0.00189. The number of hydrogen-bond acceptors (Lipinski definition) is 10. The fraction of sp³-hybridized carbons (Fsp3) is 0.475. The summed E-state index contributed by atoms with van der Waals surface area (Å²) >= 11 is 0. The standard InChI is InChI=1S/C40H52N6O6/c1-44(22-18-41-28-35(48)32-8-10-34(47)39-33(32)9-11-37(49)43-39)38(50)14-25-51-24-13-31-6-4-5-30(27-31)12-19-45-20-15-40(16-21-45)29-46(23-26-52-40)36-7-2-3-17-42-36/h2-11,17,27,35,41,47-48H,12-16,18-26,28-29H2,1H3,(H,43,49)/t35-/m0/s1. The first-order valence-corrected chi connectivity index (χ1v) is 18.4. The Hall–Kier alpha value is -4.33. The molecule has 12 nitrogen and oxygen atoms in total. The van der Waals surface area contributed by atoms with Crippen LogP contribution in [0.1, 0.15) is 42.1 Å². The van der Waals surface area contributed by atoms with E-state index in [-0.39, 0.29) is 29.4 Å². The number of pyridine rings is 2. The molecule has 52 heavy (non-hydrogen) atoms. The number of nitrogens with zero attached hydrogens (tertiary/aromatic N) is 4. The molecule has 4 heterocycles. The maximum atomic E-state index is 12.6. The average molecular weight is 713 g/mol. The molecule has 0 unspecified atom stereocenters. The van der Waals surface area contributed by atoms with Crippen LogP contribution >= 0.6 is 0 Å². The number of aliphatic hydroxyl groups excluding tert-OH is 1. The van der Waals surface area contributed by atoms with Crippen LogP contribution in [-0.4, -0.2) is 121 Å². The molecule has 2 aliphatic heterocycles. The van der Waals surface area contributed by atoms with Crippen molar-refractivity contribution in [2.45, 2.75) is 43.8 Å². The molecule has 2 aromatic carbocycles. The summed E-state index contributed by atoms with van der Waals surface area (Å²) in [5.74, 6) is 0.994. The largest absolute Gasteiger partial charge is 0.506 e. The number of likely N-dealkylation sites (tertiary alicyclic amines) is 1. The first kappa shape index (κ1) is 37.4. The molecular formula is C40H52N6O6. The third kappa shape index (κ3) is 9.96. The van der Waals surface area contributed by atoms with Crippen LogP contribution in [-0.2, 0) is 27.1 Å². The van der Waals surface area contributed by atoms with Crippen molar-refractivity contribution in [2.75, 3.05) is 84.1 Å². The molecule has 2 aliphatic rings. The third-order valence-electron chi connectivity index (χ3n) is 10.3. The lowest BCUT2D eigenvalue weighted by atomic mass is 9.89. The zero-order valence-corrected chi connectivity index (χ0v) is 30.1. The Balaban J connectivity index is 0.833. The Kier molecular flexibility index (Phi) is 12.9. The van der Waals surface area contributed by atoms with Crippen molar-refractivity contribution in [3.63, 3.8) is 0 Å². The smallest absolute Gasteiger partial charge is 0.248 e. The van der Waals surface area contributed by atoms with Gasteiger partial charge in [-0.25, -0.2) is 4.98 Å². The second-order valence-corrected chi connectivity index (χ2v) is 14.0. The van der Waals surface area contributed by atoms with Crippen molar-refractivity contribution in [3.05, 3.63) is 100.0 Å². The SMILES string of the molecule is CN(CCNC[C@H](O)c1ccc(O)c2[nH]c(=O)ccc12)C(=O)CCOCCc1cccc(CCN2CCC3(CC2)CN(c2ccccn2)CCO3)c1. The molecule has 0 bridgehead atoms. The minimum atomic E-state index is -0.852. The number of aliphatic hydroxyl groups is 1. The second-order valence-electron chi connectivity index (χ2n) is 14.0. The number of phenolic OH excluding ortho intramolecular Hbond substituents is 1. The van der Waals surface area contributed by atoms with Crippen molar-refractivity contribution in [3.8, 4) is 5.75 Å². The number of nitrogens with one attached hydrogen (secondary N) is 2. The molecule has 0 aliphatic carbocycles. The molecule has 6 rings (SSSR count). The number of carbonyl (C=O) groups is 1. The van der Waals surface area contributed by atoms with E-state index in [2.05, 4.69) is 55.4 Å². The van der Waals surface area contributed by atoms with E-state index in [9.17, 15) is 19.8 Å². The van der Waals surface area contributed by atoms with E-state index in [0.717, 1.165) is 70.8 Å². The van der Waals surface area contributed by atoms with Gasteiger partial charge < -0.3 is 44.7 Å². The number of fused-ring (bicyclic) bond motifs is 1. The van der Waals surface area contributed by atoms with E-state index in [1.54, 1.807) is 24.1 Å². The Bertz CT molecular complexity index is 1810. The molecule has 0 radical (unpaired) electrons. The Morgan fingerprint density at radius 1 is 1.06 bits per heavy atom.